The van der Waals surface area contributed by atoms with E-state index in [0.717, 1.165) is 6.42 Å². The van der Waals surface area contributed by atoms with Gasteiger partial charge in [0.15, 0.2) is 0 Å². The average Bonchev–Trinajstić information content (AvgIpc) is 2.99. The van der Waals surface area contributed by atoms with Crippen molar-refractivity contribution in [3.63, 3.8) is 0 Å². The maximum atomic E-state index is 12.7. The molecule has 25 heavy (non-hydrogen) atoms. The van der Waals surface area contributed by atoms with Crippen LogP contribution >= 0.6 is 11.3 Å². The van der Waals surface area contributed by atoms with Crippen molar-refractivity contribution in [2.24, 2.45) is 0 Å². The van der Waals surface area contributed by atoms with Gasteiger partial charge in [-0.3, -0.25) is 4.79 Å². The molecule has 0 saturated carbocycles. The van der Waals surface area contributed by atoms with Crippen LogP contribution in [0.1, 0.15) is 41.6 Å². The van der Waals surface area contributed by atoms with E-state index >= 15 is 0 Å². The number of thiophene rings is 1. The van der Waals surface area contributed by atoms with Gasteiger partial charge in [0.2, 0.25) is 10.0 Å². The van der Waals surface area contributed by atoms with Gasteiger partial charge in [0.1, 0.15) is 0 Å². The zero-order chi connectivity index (χ0) is 18.2. The predicted octanol–water partition coefficient (Wildman–Crippen LogP) is 3.02. The van der Waals surface area contributed by atoms with Crippen molar-refractivity contribution >= 4 is 27.3 Å². The molecule has 1 aliphatic rings. The number of hydrogen-bond acceptors (Lipinski definition) is 4. The highest BCUT2D eigenvalue weighted by Crippen LogP contribution is 2.25. The Balaban J connectivity index is 1.75. The minimum atomic E-state index is -3.59. The van der Waals surface area contributed by atoms with Crippen molar-refractivity contribution in [3.05, 3.63) is 51.7 Å². The summed E-state index contributed by atoms with van der Waals surface area (Å²) in [5, 5.41) is 2.06. The van der Waals surface area contributed by atoms with Crippen LogP contribution in [0.15, 0.2) is 40.6 Å². The molecule has 1 amide bonds. The van der Waals surface area contributed by atoms with Crippen LogP contribution in [-0.4, -0.2) is 31.3 Å². The molecule has 3 rings (SSSR count). The highest BCUT2D eigenvalue weighted by molar-refractivity contribution is 7.89. The third-order valence-electron chi connectivity index (χ3n) is 3.95. The fourth-order valence-electron chi connectivity index (χ4n) is 2.84. The molecule has 0 atom stereocenters. The summed E-state index contributed by atoms with van der Waals surface area (Å²) in [4.78, 5) is 16.0. The van der Waals surface area contributed by atoms with Gasteiger partial charge in [-0.25, -0.2) is 13.1 Å². The van der Waals surface area contributed by atoms with Gasteiger partial charge in [-0.2, -0.15) is 0 Å². The second-order valence-corrected chi connectivity index (χ2v) is 9.91. The van der Waals surface area contributed by atoms with Crippen LogP contribution in [0.2, 0.25) is 0 Å². The zero-order valence-electron chi connectivity index (χ0n) is 14.6. The normalized spacial score (nSPS) is 15.1. The van der Waals surface area contributed by atoms with Crippen LogP contribution < -0.4 is 4.72 Å². The topological polar surface area (TPSA) is 66.5 Å². The van der Waals surface area contributed by atoms with Crippen molar-refractivity contribution in [1.29, 1.82) is 0 Å². The van der Waals surface area contributed by atoms with Gasteiger partial charge in [-0.15, -0.1) is 11.3 Å². The van der Waals surface area contributed by atoms with Crippen molar-refractivity contribution in [2.75, 3.05) is 6.54 Å². The standard InChI is InChI=1S/C18H22N2O3S2/c1-18(2,3)19-25(22,23)15-6-4-13(5-7-15)17(21)20-10-8-16-14(12-20)9-11-24-16/h4-7,9,11,19H,8,10,12H2,1-3H3. The lowest BCUT2D eigenvalue weighted by Gasteiger charge is -2.27. The number of hydrogen-bond donors (Lipinski definition) is 1. The lowest BCUT2D eigenvalue weighted by atomic mass is 10.1. The first-order valence-electron chi connectivity index (χ1n) is 8.14. The third-order valence-corrected chi connectivity index (χ3v) is 6.74. The molecule has 1 aromatic carbocycles. The number of rotatable bonds is 3. The number of fused-ring (bicyclic) bond motifs is 1. The highest BCUT2D eigenvalue weighted by Gasteiger charge is 2.24. The summed E-state index contributed by atoms with van der Waals surface area (Å²) in [6.07, 6.45) is 0.876. The predicted molar refractivity (Wildman–Crippen MR) is 99.3 cm³/mol. The second-order valence-electron chi connectivity index (χ2n) is 7.23. The Morgan fingerprint density at radius 1 is 1.16 bits per heavy atom. The van der Waals surface area contributed by atoms with E-state index in [1.165, 1.54) is 22.6 Å². The highest BCUT2D eigenvalue weighted by atomic mass is 32.2. The largest absolute Gasteiger partial charge is 0.334 e. The molecule has 0 saturated heterocycles. The molecule has 2 aromatic rings. The Morgan fingerprint density at radius 2 is 1.84 bits per heavy atom. The van der Waals surface area contributed by atoms with Crippen molar-refractivity contribution in [3.8, 4) is 0 Å². The molecule has 0 unspecified atom stereocenters. The van der Waals surface area contributed by atoms with Gasteiger partial charge >= 0.3 is 0 Å². The van der Waals surface area contributed by atoms with Crippen LogP contribution in [0.5, 0.6) is 0 Å². The first kappa shape index (κ1) is 18.1. The first-order valence-corrected chi connectivity index (χ1v) is 10.5. The summed E-state index contributed by atoms with van der Waals surface area (Å²) in [7, 11) is -3.59. The Bertz CT molecular complexity index is 878. The smallest absolute Gasteiger partial charge is 0.254 e. The van der Waals surface area contributed by atoms with Crippen LogP contribution in [0.4, 0.5) is 0 Å². The molecule has 0 radical (unpaired) electrons. The van der Waals surface area contributed by atoms with Crippen LogP contribution in [0.3, 0.4) is 0 Å². The zero-order valence-corrected chi connectivity index (χ0v) is 16.2. The van der Waals surface area contributed by atoms with E-state index in [4.69, 9.17) is 0 Å². The van der Waals surface area contributed by atoms with E-state index in [-0.39, 0.29) is 10.8 Å². The summed E-state index contributed by atoms with van der Waals surface area (Å²) in [5.41, 5.74) is 1.16. The number of nitrogens with zero attached hydrogens (tertiary/aromatic N) is 1. The Hall–Kier alpha value is -1.70. The minimum Gasteiger partial charge on any atom is -0.334 e. The number of carbonyl (C=O) groups is 1. The molecule has 7 heteroatoms. The van der Waals surface area contributed by atoms with Crippen molar-refractivity contribution in [1.82, 2.24) is 9.62 Å². The number of carbonyl (C=O) groups excluding carboxylic acids is 1. The molecule has 0 fully saturated rings. The maximum Gasteiger partial charge on any atom is 0.254 e. The van der Waals surface area contributed by atoms with Gasteiger partial charge in [0, 0.05) is 29.1 Å². The Labute approximate surface area is 152 Å². The molecule has 1 aromatic heterocycles. The molecule has 0 bridgehead atoms. The molecular formula is C18H22N2O3S2. The molecule has 1 aliphatic heterocycles. The molecule has 134 valence electrons. The lowest BCUT2D eigenvalue weighted by molar-refractivity contribution is 0.0735. The Morgan fingerprint density at radius 3 is 2.48 bits per heavy atom. The van der Waals surface area contributed by atoms with Gasteiger partial charge in [0.05, 0.1) is 4.90 Å². The summed E-state index contributed by atoms with van der Waals surface area (Å²) >= 11 is 1.73. The monoisotopic (exact) mass is 378 g/mol. The van der Waals surface area contributed by atoms with E-state index in [1.807, 2.05) is 4.90 Å². The summed E-state index contributed by atoms with van der Waals surface area (Å²) in [6, 6.07) is 8.21. The van der Waals surface area contributed by atoms with Crippen LogP contribution in [0, 0.1) is 0 Å². The van der Waals surface area contributed by atoms with Crippen LogP contribution in [0.25, 0.3) is 0 Å². The van der Waals surface area contributed by atoms with Crippen LogP contribution in [-0.2, 0) is 23.0 Å². The van der Waals surface area contributed by atoms with E-state index in [0.29, 0.717) is 18.7 Å². The van der Waals surface area contributed by atoms with E-state index in [9.17, 15) is 13.2 Å². The van der Waals surface area contributed by atoms with E-state index in [1.54, 1.807) is 44.2 Å². The summed E-state index contributed by atoms with van der Waals surface area (Å²) in [6.45, 7) is 6.67. The SMILES string of the molecule is CC(C)(C)NS(=O)(=O)c1ccc(C(=O)N2CCc3sccc3C2)cc1. The lowest BCUT2D eigenvalue weighted by Crippen LogP contribution is -2.40. The van der Waals surface area contributed by atoms with E-state index < -0.39 is 15.6 Å². The van der Waals surface area contributed by atoms with Gasteiger partial charge in [-0.05, 0) is 68.5 Å². The Kier molecular flexibility index (Phi) is 4.74. The van der Waals surface area contributed by atoms with Gasteiger partial charge in [0.25, 0.3) is 5.91 Å². The number of amides is 1. The first-order chi connectivity index (χ1) is 11.7. The molecule has 5 nitrogen and oxygen atoms in total. The number of nitrogens with one attached hydrogen (secondary N) is 1. The fraction of sp³-hybridized carbons (Fsp3) is 0.389. The summed E-state index contributed by atoms with van der Waals surface area (Å²) in [5.74, 6) is -0.0652. The number of sulfonamides is 1. The molecule has 1 N–H and O–H groups in total. The quantitative estimate of drug-likeness (QED) is 0.893. The molecule has 0 spiro atoms. The third kappa shape index (κ3) is 4.11. The molecule has 2 heterocycles. The van der Waals surface area contributed by atoms with Gasteiger partial charge in [-0.1, -0.05) is 0 Å². The molecule has 0 aliphatic carbocycles. The van der Waals surface area contributed by atoms with Crippen molar-refractivity contribution in [2.45, 2.75) is 44.2 Å². The van der Waals surface area contributed by atoms with Crippen molar-refractivity contribution < 1.29 is 13.2 Å². The number of benzene rings is 1. The van der Waals surface area contributed by atoms with E-state index in [2.05, 4.69) is 16.2 Å². The van der Waals surface area contributed by atoms with Gasteiger partial charge < -0.3 is 4.90 Å². The maximum absolute atomic E-state index is 12.7. The minimum absolute atomic E-state index is 0.0652. The molecular weight excluding hydrogens is 356 g/mol. The second kappa shape index (κ2) is 6.55. The fourth-order valence-corrected chi connectivity index (χ4v) is 5.15. The summed E-state index contributed by atoms with van der Waals surface area (Å²) < 4.78 is 27.3. The average molecular weight is 379 g/mol.